The first-order chi connectivity index (χ1) is 9.87. The largest absolute Gasteiger partial charge is 0.325 e. The fourth-order valence-corrected chi connectivity index (χ4v) is 2.92. The fraction of sp³-hybridized carbons (Fsp3) is 0.0714. The van der Waals surface area contributed by atoms with Crippen LogP contribution >= 0.6 is 11.6 Å². The molecule has 21 heavy (non-hydrogen) atoms. The molecule has 1 N–H and O–H groups in total. The van der Waals surface area contributed by atoms with Crippen LogP contribution in [0.5, 0.6) is 0 Å². The molecule has 0 atom stereocenters. The first-order valence-corrected chi connectivity index (χ1v) is 7.93. The number of nitrogens with one attached hydrogen (secondary N) is 1. The van der Waals surface area contributed by atoms with Gasteiger partial charge in [0.25, 0.3) is 0 Å². The molecule has 110 valence electrons. The number of amides is 1. The van der Waals surface area contributed by atoms with Crippen LogP contribution in [-0.4, -0.2) is 20.1 Å². The lowest BCUT2D eigenvalue weighted by atomic mass is 10.3. The summed E-state index contributed by atoms with van der Waals surface area (Å²) >= 11 is 5.68. The van der Waals surface area contributed by atoms with Gasteiger partial charge in [-0.25, -0.2) is 12.8 Å². The van der Waals surface area contributed by atoms with E-state index in [9.17, 15) is 17.6 Å². The van der Waals surface area contributed by atoms with Gasteiger partial charge in [-0.3, -0.25) is 4.79 Å². The molecule has 0 heterocycles. The van der Waals surface area contributed by atoms with Crippen LogP contribution < -0.4 is 5.32 Å². The monoisotopic (exact) mass is 327 g/mol. The molecule has 0 aliphatic heterocycles. The molecule has 4 nitrogen and oxygen atoms in total. The number of rotatable bonds is 4. The lowest BCUT2D eigenvalue weighted by molar-refractivity contribution is -0.113. The third-order valence-electron chi connectivity index (χ3n) is 2.60. The molecule has 2 aromatic carbocycles. The van der Waals surface area contributed by atoms with Crippen molar-refractivity contribution in [3.8, 4) is 0 Å². The SMILES string of the molecule is O=C(CS(=O)(=O)c1ccc(Cl)cc1)Nc1cccc(F)c1. The third kappa shape index (κ3) is 4.27. The van der Waals surface area contributed by atoms with E-state index in [1.54, 1.807) is 0 Å². The third-order valence-corrected chi connectivity index (χ3v) is 4.49. The Kier molecular flexibility index (Phi) is 4.59. The first-order valence-electron chi connectivity index (χ1n) is 5.90. The van der Waals surface area contributed by atoms with E-state index in [2.05, 4.69) is 5.32 Å². The molecule has 0 saturated heterocycles. The smallest absolute Gasteiger partial charge is 0.239 e. The quantitative estimate of drug-likeness (QED) is 0.939. The molecule has 0 saturated carbocycles. The molecule has 0 fully saturated rings. The van der Waals surface area contributed by atoms with Crippen molar-refractivity contribution in [1.29, 1.82) is 0 Å². The van der Waals surface area contributed by atoms with E-state index in [1.807, 2.05) is 0 Å². The Hall–Kier alpha value is -1.92. The van der Waals surface area contributed by atoms with Gasteiger partial charge in [0, 0.05) is 10.7 Å². The standard InChI is InChI=1S/C14H11ClFNO3S/c15-10-4-6-13(7-5-10)21(19,20)9-14(18)17-12-3-1-2-11(16)8-12/h1-8H,9H2,(H,17,18). The van der Waals surface area contributed by atoms with Gasteiger partial charge in [0.15, 0.2) is 9.84 Å². The Morgan fingerprint density at radius 2 is 1.81 bits per heavy atom. The minimum Gasteiger partial charge on any atom is -0.325 e. The van der Waals surface area contributed by atoms with Crippen molar-refractivity contribution in [2.75, 3.05) is 11.1 Å². The van der Waals surface area contributed by atoms with E-state index in [1.165, 1.54) is 42.5 Å². The van der Waals surface area contributed by atoms with Crippen molar-refractivity contribution in [2.24, 2.45) is 0 Å². The highest BCUT2D eigenvalue weighted by molar-refractivity contribution is 7.92. The van der Waals surface area contributed by atoms with Crippen LogP contribution in [0.15, 0.2) is 53.4 Å². The van der Waals surface area contributed by atoms with Crippen LogP contribution in [0.1, 0.15) is 0 Å². The van der Waals surface area contributed by atoms with Gasteiger partial charge in [-0.2, -0.15) is 0 Å². The zero-order valence-corrected chi connectivity index (χ0v) is 12.3. The van der Waals surface area contributed by atoms with Crippen LogP contribution in [-0.2, 0) is 14.6 Å². The molecule has 1 amide bonds. The predicted octanol–water partition coefficient (Wildman–Crippen LogP) is 2.89. The molecule has 7 heteroatoms. The topological polar surface area (TPSA) is 63.2 Å². The Morgan fingerprint density at radius 3 is 2.43 bits per heavy atom. The Labute approximate surface area is 126 Å². The summed E-state index contributed by atoms with van der Waals surface area (Å²) < 4.78 is 37.0. The van der Waals surface area contributed by atoms with Crippen molar-refractivity contribution >= 4 is 33.0 Å². The minimum atomic E-state index is -3.77. The molecule has 0 aromatic heterocycles. The maximum atomic E-state index is 13.0. The number of hydrogen-bond donors (Lipinski definition) is 1. The van der Waals surface area contributed by atoms with Crippen molar-refractivity contribution < 1.29 is 17.6 Å². The molecule has 2 rings (SSSR count). The van der Waals surface area contributed by atoms with Gasteiger partial charge in [0.2, 0.25) is 5.91 Å². The summed E-state index contributed by atoms with van der Waals surface area (Å²) in [5.74, 6) is -1.99. The summed E-state index contributed by atoms with van der Waals surface area (Å²) in [7, 11) is -3.77. The second-order valence-corrected chi connectivity index (χ2v) is 6.70. The Balaban J connectivity index is 2.09. The molecule has 0 bridgehead atoms. The zero-order valence-electron chi connectivity index (χ0n) is 10.7. The number of sulfone groups is 1. The van der Waals surface area contributed by atoms with Gasteiger partial charge in [-0.1, -0.05) is 17.7 Å². The van der Waals surface area contributed by atoms with Crippen molar-refractivity contribution in [3.05, 3.63) is 59.4 Å². The van der Waals surface area contributed by atoms with E-state index in [0.717, 1.165) is 6.07 Å². The maximum absolute atomic E-state index is 13.0. The predicted molar refractivity (Wildman–Crippen MR) is 78.5 cm³/mol. The second kappa shape index (κ2) is 6.24. The zero-order chi connectivity index (χ0) is 15.5. The highest BCUT2D eigenvalue weighted by Crippen LogP contribution is 2.16. The van der Waals surface area contributed by atoms with Crippen LogP contribution in [0.3, 0.4) is 0 Å². The highest BCUT2D eigenvalue weighted by Gasteiger charge is 2.19. The molecule has 2 aromatic rings. The van der Waals surface area contributed by atoms with Crippen molar-refractivity contribution in [3.63, 3.8) is 0 Å². The van der Waals surface area contributed by atoms with Gasteiger partial charge in [0.1, 0.15) is 11.6 Å². The van der Waals surface area contributed by atoms with E-state index >= 15 is 0 Å². The molecule has 0 unspecified atom stereocenters. The maximum Gasteiger partial charge on any atom is 0.239 e. The summed E-state index contributed by atoms with van der Waals surface area (Å²) in [5, 5.41) is 2.74. The summed E-state index contributed by atoms with van der Waals surface area (Å²) in [5.41, 5.74) is 0.200. The lowest BCUT2D eigenvalue weighted by Crippen LogP contribution is -2.23. The number of benzene rings is 2. The Morgan fingerprint density at radius 1 is 1.14 bits per heavy atom. The lowest BCUT2D eigenvalue weighted by Gasteiger charge is -2.06. The van der Waals surface area contributed by atoms with Crippen LogP contribution in [0.2, 0.25) is 5.02 Å². The molecule has 0 radical (unpaired) electrons. The highest BCUT2D eigenvalue weighted by atomic mass is 35.5. The van der Waals surface area contributed by atoms with E-state index < -0.39 is 27.3 Å². The van der Waals surface area contributed by atoms with E-state index in [-0.39, 0.29) is 10.6 Å². The average Bonchev–Trinajstić information content (AvgIpc) is 2.38. The van der Waals surface area contributed by atoms with Crippen molar-refractivity contribution in [1.82, 2.24) is 0 Å². The number of anilines is 1. The number of carbonyl (C=O) groups is 1. The van der Waals surface area contributed by atoms with Gasteiger partial charge in [-0.15, -0.1) is 0 Å². The minimum absolute atomic E-state index is 0.00120. The summed E-state index contributed by atoms with van der Waals surface area (Å²) in [6.45, 7) is 0. The van der Waals surface area contributed by atoms with Gasteiger partial charge in [-0.05, 0) is 42.5 Å². The fourth-order valence-electron chi connectivity index (χ4n) is 1.66. The molecular weight excluding hydrogens is 317 g/mol. The molecule has 0 aliphatic carbocycles. The summed E-state index contributed by atoms with van der Waals surface area (Å²) in [6, 6.07) is 10.7. The van der Waals surface area contributed by atoms with Gasteiger partial charge >= 0.3 is 0 Å². The average molecular weight is 328 g/mol. The van der Waals surface area contributed by atoms with Gasteiger partial charge < -0.3 is 5.32 Å². The van der Waals surface area contributed by atoms with Gasteiger partial charge in [0.05, 0.1) is 4.90 Å². The summed E-state index contributed by atoms with van der Waals surface area (Å²) in [4.78, 5) is 11.7. The second-order valence-electron chi connectivity index (χ2n) is 4.27. The molecule has 0 aliphatic rings. The number of carbonyl (C=O) groups excluding carboxylic acids is 1. The van der Waals surface area contributed by atoms with E-state index in [4.69, 9.17) is 11.6 Å². The number of halogens is 2. The number of hydrogen-bond acceptors (Lipinski definition) is 3. The van der Waals surface area contributed by atoms with E-state index in [0.29, 0.717) is 5.02 Å². The molecule has 0 spiro atoms. The summed E-state index contributed by atoms with van der Waals surface area (Å²) in [6.07, 6.45) is 0. The van der Waals surface area contributed by atoms with Crippen LogP contribution in [0.4, 0.5) is 10.1 Å². The van der Waals surface area contributed by atoms with Crippen LogP contribution in [0.25, 0.3) is 0 Å². The van der Waals surface area contributed by atoms with Crippen LogP contribution in [0, 0.1) is 5.82 Å². The normalized spacial score (nSPS) is 11.1. The van der Waals surface area contributed by atoms with Crippen molar-refractivity contribution in [2.45, 2.75) is 4.90 Å². The first kappa shape index (κ1) is 15.5. The molecular formula is C14H11ClFNO3S. The Bertz CT molecular complexity index is 760.